The van der Waals surface area contributed by atoms with Gasteiger partial charge in [0.05, 0.1) is 0 Å². The molecule has 0 atom stereocenters. The van der Waals surface area contributed by atoms with Gasteiger partial charge in [-0.25, -0.2) is 0 Å². The molecule has 0 nitrogen and oxygen atoms in total. The molecule has 0 aromatic heterocycles. The summed E-state index contributed by atoms with van der Waals surface area (Å²) < 4.78 is 0. The molecule has 4 aromatic carbocycles. The van der Waals surface area contributed by atoms with E-state index < -0.39 is 0 Å². The first kappa shape index (κ1) is 18.4. The number of fused-ring (bicyclic) bond motifs is 2. The first-order valence-electron chi connectivity index (χ1n) is 10.5. The van der Waals surface area contributed by atoms with E-state index in [0.717, 1.165) is 24.0 Å². The highest BCUT2D eigenvalue weighted by molar-refractivity contribution is 6.10. The van der Waals surface area contributed by atoms with Crippen LogP contribution in [-0.2, 0) is 0 Å². The van der Waals surface area contributed by atoms with Crippen LogP contribution < -0.4 is 0 Å². The molecule has 0 unspecified atom stereocenters. The SMILES string of the molecule is C=Cc1c(C=C)c(-c2ccc3ccccc3c2)c2ccccc2c1C1=CCCC=C1. The molecule has 0 spiro atoms. The van der Waals surface area contributed by atoms with E-state index in [1.807, 2.05) is 12.2 Å². The fraction of sp³-hybridized carbons (Fsp3) is 0.0667. The highest BCUT2D eigenvalue weighted by Gasteiger charge is 2.19. The van der Waals surface area contributed by atoms with E-state index in [4.69, 9.17) is 0 Å². The van der Waals surface area contributed by atoms with Crippen molar-refractivity contribution in [1.82, 2.24) is 0 Å². The molecular weight excluding hydrogens is 360 g/mol. The van der Waals surface area contributed by atoms with Gasteiger partial charge in [0.25, 0.3) is 0 Å². The number of allylic oxidation sites excluding steroid dienone is 4. The molecule has 144 valence electrons. The first-order chi connectivity index (χ1) is 14.8. The van der Waals surface area contributed by atoms with Crippen LogP contribution in [0.4, 0.5) is 0 Å². The van der Waals surface area contributed by atoms with Gasteiger partial charge in [-0.15, -0.1) is 0 Å². The largest absolute Gasteiger partial charge is 0.0984 e. The van der Waals surface area contributed by atoms with Gasteiger partial charge in [0, 0.05) is 0 Å². The van der Waals surface area contributed by atoms with Crippen LogP contribution in [0.1, 0.15) is 29.5 Å². The molecule has 0 radical (unpaired) electrons. The lowest BCUT2D eigenvalue weighted by Gasteiger charge is -2.21. The Morgan fingerprint density at radius 1 is 0.667 bits per heavy atom. The quantitative estimate of drug-likeness (QED) is 0.330. The zero-order chi connectivity index (χ0) is 20.5. The van der Waals surface area contributed by atoms with Crippen LogP contribution in [0.5, 0.6) is 0 Å². The zero-order valence-corrected chi connectivity index (χ0v) is 17.1. The van der Waals surface area contributed by atoms with E-state index in [1.165, 1.54) is 43.8 Å². The minimum Gasteiger partial charge on any atom is -0.0984 e. The second-order valence-electron chi connectivity index (χ2n) is 7.73. The standard InChI is InChI=1S/C30H24/c1-3-25-26(4-2)30(24-19-18-21-12-8-9-15-23(21)20-24)28-17-11-10-16-27(28)29(25)22-13-6-5-7-14-22/h3-4,6,8-20H,1-2,5,7H2. The van der Waals surface area contributed by atoms with Crippen molar-refractivity contribution in [3.8, 4) is 11.1 Å². The highest BCUT2D eigenvalue weighted by Crippen LogP contribution is 2.42. The highest BCUT2D eigenvalue weighted by atomic mass is 14.2. The van der Waals surface area contributed by atoms with Gasteiger partial charge in [-0.05, 0) is 73.8 Å². The van der Waals surface area contributed by atoms with Gasteiger partial charge in [-0.1, -0.05) is 104 Å². The van der Waals surface area contributed by atoms with Crippen molar-refractivity contribution in [2.24, 2.45) is 0 Å². The summed E-state index contributed by atoms with van der Waals surface area (Å²) in [5, 5.41) is 5.02. The van der Waals surface area contributed by atoms with Gasteiger partial charge in [-0.2, -0.15) is 0 Å². The Morgan fingerprint density at radius 3 is 2.03 bits per heavy atom. The van der Waals surface area contributed by atoms with E-state index in [0.29, 0.717) is 0 Å². The maximum absolute atomic E-state index is 4.20. The smallest absolute Gasteiger partial charge is 0.00264 e. The van der Waals surface area contributed by atoms with Gasteiger partial charge in [-0.3, -0.25) is 0 Å². The number of hydrogen-bond acceptors (Lipinski definition) is 0. The minimum absolute atomic E-state index is 1.08. The molecule has 4 aromatic rings. The van der Waals surface area contributed by atoms with E-state index in [-0.39, 0.29) is 0 Å². The van der Waals surface area contributed by atoms with Crippen molar-refractivity contribution in [2.45, 2.75) is 12.8 Å². The molecule has 0 heteroatoms. The maximum atomic E-state index is 4.20. The van der Waals surface area contributed by atoms with Crippen molar-refractivity contribution in [2.75, 3.05) is 0 Å². The first-order valence-corrected chi connectivity index (χ1v) is 10.5. The van der Waals surface area contributed by atoms with Crippen LogP contribution in [0.15, 0.2) is 98.1 Å². The molecule has 0 aliphatic heterocycles. The van der Waals surface area contributed by atoms with Crippen LogP contribution in [-0.4, -0.2) is 0 Å². The van der Waals surface area contributed by atoms with Crippen LogP contribution >= 0.6 is 0 Å². The molecule has 0 N–H and O–H groups in total. The molecule has 0 heterocycles. The molecular formula is C30H24. The maximum Gasteiger partial charge on any atom is -0.00264 e. The number of hydrogen-bond donors (Lipinski definition) is 0. The molecule has 5 rings (SSSR count). The third-order valence-corrected chi connectivity index (χ3v) is 6.02. The normalized spacial score (nSPS) is 13.4. The summed E-state index contributed by atoms with van der Waals surface area (Å²) in [5.41, 5.74) is 7.28. The van der Waals surface area contributed by atoms with Gasteiger partial charge >= 0.3 is 0 Å². The van der Waals surface area contributed by atoms with Gasteiger partial charge in [0.2, 0.25) is 0 Å². The van der Waals surface area contributed by atoms with Crippen LogP contribution in [0.2, 0.25) is 0 Å². The van der Waals surface area contributed by atoms with Crippen LogP contribution in [0.3, 0.4) is 0 Å². The lowest BCUT2D eigenvalue weighted by molar-refractivity contribution is 1.04. The summed E-state index contributed by atoms with van der Waals surface area (Å²) in [4.78, 5) is 0. The Labute approximate surface area is 178 Å². The van der Waals surface area contributed by atoms with Crippen molar-refractivity contribution in [3.05, 3.63) is 115 Å². The van der Waals surface area contributed by atoms with Gasteiger partial charge in [0.15, 0.2) is 0 Å². The summed E-state index contributed by atoms with van der Waals surface area (Å²) in [7, 11) is 0. The molecule has 0 bridgehead atoms. The van der Waals surface area contributed by atoms with Crippen molar-refractivity contribution >= 4 is 39.3 Å². The lowest BCUT2D eigenvalue weighted by atomic mass is 9.82. The lowest BCUT2D eigenvalue weighted by Crippen LogP contribution is -1.99. The summed E-state index contributed by atoms with van der Waals surface area (Å²) in [6, 6.07) is 24.0. The monoisotopic (exact) mass is 384 g/mol. The Balaban J connectivity index is 1.91. The summed E-state index contributed by atoms with van der Waals surface area (Å²) in [6.45, 7) is 8.38. The average Bonchev–Trinajstić information content (AvgIpc) is 2.82. The third kappa shape index (κ3) is 2.93. The van der Waals surface area contributed by atoms with Crippen LogP contribution in [0.25, 0.3) is 50.4 Å². The number of benzene rings is 4. The van der Waals surface area contributed by atoms with Crippen molar-refractivity contribution < 1.29 is 0 Å². The van der Waals surface area contributed by atoms with Gasteiger partial charge < -0.3 is 0 Å². The van der Waals surface area contributed by atoms with Crippen molar-refractivity contribution in [3.63, 3.8) is 0 Å². The average molecular weight is 385 g/mol. The molecule has 0 saturated heterocycles. The molecule has 1 aliphatic rings. The van der Waals surface area contributed by atoms with E-state index in [1.54, 1.807) is 0 Å². The Hall–Kier alpha value is -3.64. The van der Waals surface area contributed by atoms with E-state index >= 15 is 0 Å². The fourth-order valence-electron chi connectivity index (χ4n) is 4.67. The van der Waals surface area contributed by atoms with Gasteiger partial charge in [0.1, 0.15) is 0 Å². The Bertz CT molecular complexity index is 1360. The second-order valence-corrected chi connectivity index (χ2v) is 7.73. The molecule has 1 aliphatic carbocycles. The minimum atomic E-state index is 1.08. The topological polar surface area (TPSA) is 0 Å². The van der Waals surface area contributed by atoms with Crippen molar-refractivity contribution in [1.29, 1.82) is 0 Å². The molecule has 30 heavy (non-hydrogen) atoms. The predicted octanol–water partition coefficient (Wildman–Crippen LogP) is 8.68. The van der Waals surface area contributed by atoms with Crippen LogP contribution in [0, 0.1) is 0 Å². The molecule has 0 saturated carbocycles. The second kappa shape index (κ2) is 7.65. The Morgan fingerprint density at radius 2 is 1.33 bits per heavy atom. The zero-order valence-electron chi connectivity index (χ0n) is 17.1. The predicted molar refractivity (Wildman–Crippen MR) is 133 cm³/mol. The fourth-order valence-corrected chi connectivity index (χ4v) is 4.67. The number of rotatable bonds is 4. The summed E-state index contributed by atoms with van der Waals surface area (Å²) in [6.07, 6.45) is 13.0. The molecule has 0 fully saturated rings. The van der Waals surface area contributed by atoms with E-state index in [2.05, 4.69) is 98.1 Å². The molecule has 0 amide bonds. The third-order valence-electron chi connectivity index (χ3n) is 6.02. The Kier molecular flexibility index (Phi) is 4.69. The summed E-state index contributed by atoms with van der Waals surface area (Å²) >= 11 is 0. The summed E-state index contributed by atoms with van der Waals surface area (Å²) in [5.74, 6) is 0. The van der Waals surface area contributed by atoms with E-state index in [9.17, 15) is 0 Å².